The highest BCUT2D eigenvalue weighted by atomic mass is 16.2. The molecule has 0 aromatic carbocycles. The molecular weight excluding hydrogens is 284 g/mol. The van der Waals surface area contributed by atoms with Crippen LogP contribution >= 0.6 is 0 Å². The maximum absolute atomic E-state index is 11.9. The second-order valence-corrected chi connectivity index (χ2v) is 6.78. The quantitative estimate of drug-likeness (QED) is 0.598. The summed E-state index contributed by atoms with van der Waals surface area (Å²) in [5.41, 5.74) is 5.70. The Morgan fingerprint density at radius 2 is 2.05 bits per heavy atom. The molecule has 1 aliphatic carbocycles. The van der Waals surface area contributed by atoms with E-state index in [1.165, 1.54) is 0 Å². The molecule has 3 unspecified atom stereocenters. The maximum atomic E-state index is 11.9. The van der Waals surface area contributed by atoms with Crippen molar-refractivity contribution in [2.75, 3.05) is 13.1 Å². The van der Waals surface area contributed by atoms with E-state index < -0.39 is 6.04 Å². The summed E-state index contributed by atoms with van der Waals surface area (Å²) in [5.74, 6) is 0.0687. The second-order valence-electron chi connectivity index (χ2n) is 6.78. The predicted molar refractivity (Wildman–Crippen MR) is 81.7 cm³/mol. The molecule has 0 radical (unpaired) electrons. The number of nitrogens with one attached hydrogen (secondary N) is 2. The Labute approximate surface area is 131 Å². The van der Waals surface area contributed by atoms with Crippen LogP contribution in [0.4, 0.5) is 0 Å². The van der Waals surface area contributed by atoms with Gasteiger partial charge >= 0.3 is 0 Å². The van der Waals surface area contributed by atoms with Crippen LogP contribution in [-0.2, 0) is 14.4 Å². The monoisotopic (exact) mass is 310 g/mol. The first kappa shape index (κ1) is 16.7. The van der Waals surface area contributed by atoms with Crippen molar-refractivity contribution in [2.24, 2.45) is 17.6 Å². The van der Waals surface area contributed by atoms with Gasteiger partial charge in [-0.1, -0.05) is 20.8 Å². The Kier molecular flexibility index (Phi) is 5.05. The second kappa shape index (κ2) is 6.64. The molecule has 0 aromatic rings. The molecule has 22 heavy (non-hydrogen) atoms. The SMILES string of the molecule is CC1CC1N1CC(NC(=O)CNC(=O)[C@@H](N)C(C)C)CC1=O. The van der Waals surface area contributed by atoms with Gasteiger partial charge in [-0.05, 0) is 18.3 Å². The first-order valence-corrected chi connectivity index (χ1v) is 7.91. The van der Waals surface area contributed by atoms with Gasteiger partial charge in [0.15, 0.2) is 0 Å². The fourth-order valence-electron chi connectivity index (χ4n) is 2.75. The van der Waals surface area contributed by atoms with Crippen molar-refractivity contribution in [1.82, 2.24) is 15.5 Å². The van der Waals surface area contributed by atoms with Gasteiger partial charge in [0, 0.05) is 19.0 Å². The van der Waals surface area contributed by atoms with Crippen molar-refractivity contribution in [2.45, 2.75) is 51.7 Å². The molecule has 0 aromatic heterocycles. The highest BCUT2D eigenvalue weighted by molar-refractivity contribution is 5.88. The zero-order valence-corrected chi connectivity index (χ0v) is 13.5. The van der Waals surface area contributed by atoms with E-state index in [9.17, 15) is 14.4 Å². The number of amides is 3. The molecular formula is C15H26N4O3. The zero-order valence-electron chi connectivity index (χ0n) is 13.5. The number of likely N-dealkylation sites (tertiary alicyclic amines) is 1. The van der Waals surface area contributed by atoms with Crippen LogP contribution in [0.15, 0.2) is 0 Å². The topological polar surface area (TPSA) is 105 Å². The molecule has 1 aliphatic heterocycles. The molecule has 124 valence electrons. The molecule has 2 fully saturated rings. The third-order valence-corrected chi connectivity index (χ3v) is 4.44. The summed E-state index contributed by atoms with van der Waals surface area (Å²) in [7, 11) is 0. The number of carbonyl (C=O) groups is 3. The minimum Gasteiger partial charge on any atom is -0.350 e. The number of carbonyl (C=O) groups excluding carboxylic acids is 3. The van der Waals surface area contributed by atoms with Gasteiger partial charge in [-0.15, -0.1) is 0 Å². The lowest BCUT2D eigenvalue weighted by molar-refractivity contribution is -0.128. The summed E-state index contributed by atoms with van der Waals surface area (Å²) in [6.07, 6.45) is 1.39. The van der Waals surface area contributed by atoms with E-state index in [1.54, 1.807) is 0 Å². The van der Waals surface area contributed by atoms with Crippen molar-refractivity contribution in [3.63, 3.8) is 0 Å². The lowest BCUT2D eigenvalue weighted by atomic mass is 10.1. The summed E-state index contributed by atoms with van der Waals surface area (Å²) >= 11 is 0. The average molecular weight is 310 g/mol. The first-order chi connectivity index (χ1) is 10.3. The van der Waals surface area contributed by atoms with Crippen LogP contribution in [0, 0.1) is 11.8 Å². The number of rotatable bonds is 6. The van der Waals surface area contributed by atoms with Gasteiger partial charge in [-0.3, -0.25) is 14.4 Å². The van der Waals surface area contributed by atoms with E-state index in [-0.39, 0.29) is 36.2 Å². The number of hydrogen-bond donors (Lipinski definition) is 3. The molecule has 4 atom stereocenters. The third kappa shape index (κ3) is 3.97. The lowest BCUT2D eigenvalue weighted by Crippen LogP contribution is -2.48. The van der Waals surface area contributed by atoms with Gasteiger partial charge in [-0.25, -0.2) is 0 Å². The summed E-state index contributed by atoms with van der Waals surface area (Å²) < 4.78 is 0. The van der Waals surface area contributed by atoms with E-state index in [0.29, 0.717) is 24.9 Å². The predicted octanol–water partition coefficient (Wildman–Crippen LogP) is -0.789. The molecule has 4 N–H and O–H groups in total. The van der Waals surface area contributed by atoms with Crippen molar-refractivity contribution < 1.29 is 14.4 Å². The van der Waals surface area contributed by atoms with E-state index in [0.717, 1.165) is 6.42 Å². The van der Waals surface area contributed by atoms with Gasteiger partial charge in [0.2, 0.25) is 17.7 Å². The largest absolute Gasteiger partial charge is 0.350 e. The molecule has 0 bridgehead atoms. The standard InChI is InChI=1S/C15H26N4O3/c1-8(2)14(16)15(22)17-6-12(20)18-10-5-13(21)19(7-10)11-4-9(11)3/h8-11,14H,4-7,16H2,1-3H3,(H,17,22)(H,18,20)/t9?,10?,11?,14-/m0/s1. The molecule has 7 nitrogen and oxygen atoms in total. The summed E-state index contributed by atoms with van der Waals surface area (Å²) in [4.78, 5) is 37.3. The summed E-state index contributed by atoms with van der Waals surface area (Å²) in [6, 6.07) is -0.436. The molecule has 3 amide bonds. The molecule has 2 rings (SSSR count). The fraction of sp³-hybridized carbons (Fsp3) is 0.800. The van der Waals surface area contributed by atoms with Crippen molar-refractivity contribution in [3.05, 3.63) is 0 Å². The average Bonchev–Trinajstić information content (AvgIpc) is 3.06. The van der Waals surface area contributed by atoms with Gasteiger partial charge in [0.1, 0.15) is 0 Å². The highest BCUT2D eigenvalue weighted by Gasteiger charge is 2.44. The molecule has 1 saturated carbocycles. The van der Waals surface area contributed by atoms with Crippen LogP contribution in [0.3, 0.4) is 0 Å². The Morgan fingerprint density at radius 1 is 1.41 bits per heavy atom. The van der Waals surface area contributed by atoms with Gasteiger partial charge < -0.3 is 21.3 Å². The molecule has 1 heterocycles. The summed E-state index contributed by atoms with van der Waals surface area (Å²) in [6.45, 7) is 6.28. The molecule has 1 saturated heterocycles. The first-order valence-electron chi connectivity index (χ1n) is 7.91. The maximum Gasteiger partial charge on any atom is 0.239 e. The van der Waals surface area contributed by atoms with E-state index in [4.69, 9.17) is 5.73 Å². The van der Waals surface area contributed by atoms with Crippen LogP contribution in [0.2, 0.25) is 0 Å². The smallest absolute Gasteiger partial charge is 0.239 e. The van der Waals surface area contributed by atoms with Crippen molar-refractivity contribution >= 4 is 17.7 Å². The van der Waals surface area contributed by atoms with E-state index in [2.05, 4.69) is 17.6 Å². The third-order valence-electron chi connectivity index (χ3n) is 4.44. The van der Waals surface area contributed by atoms with E-state index in [1.807, 2.05) is 18.7 Å². The van der Waals surface area contributed by atoms with Crippen LogP contribution in [-0.4, -0.2) is 53.8 Å². The number of nitrogens with zero attached hydrogens (tertiary/aromatic N) is 1. The minimum atomic E-state index is -0.618. The Morgan fingerprint density at radius 3 is 2.59 bits per heavy atom. The minimum absolute atomic E-state index is 0.0182. The van der Waals surface area contributed by atoms with Crippen LogP contribution in [0.1, 0.15) is 33.6 Å². The fourth-order valence-corrected chi connectivity index (χ4v) is 2.75. The lowest BCUT2D eigenvalue weighted by Gasteiger charge is -2.18. The van der Waals surface area contributed by atoms with Crippen LogP contribution in [0.5, 0.6) is 0 Å². The Balaban J connectivity index is 1.72. The van der Waals surface area contributed by atoms with Crippen LogP contribution < -0.4 is 16.4 Å². The number of nitrogens with two attached hydrogens (primary N) is 1. The Hall–Kier alpha value is -1.63. The molecule has 2 aliphatic rings. The van der Waals surface area contributed by atoms with Gasteiger partial charge in [-0.2, -0.15) is 0 Å². The van der Waals surface area contributed by atoms with E-state index >= 15 is 0 Å². The highest BCUT2D eigenvalue weighted by Crippen LogP contribution is 2.37. The molecule has 7 heteroatoms. The summed E-state index contributed by atoms with van der Waals surface area (Å²) in [5, 5.41) is 5.33. The van der Waals surface area contributed by atoms with Gasteiger partial charge in [0.05, 0.1) is 18.6 Å². The van der Waals surface area contributed by atoms with Crippen molar-refractivity contribution in [1.29, 1.82) is 0 Å². The normalized spacial score (nSPS) is 28.7. The Bertz CT molecular complexity index is 466. The zero-order chi connectivity index (χ0) is 16.4. The molecule has 0 spiro atoms. The van der Waals surface area contributed by atoms with Crippen molar-refractivity contribution in [3.8, 4) is 0 Å². The van der Waals surface area contributed by atoms with Gasteiger partial charge in [0.25, 0.3) is 0 Å². The van der Waals surface area contributed by atoms with Crippen LogP contribution in [0.25, 0.3) is 0 Å². The number of hydrogen-bond acceptors (Lipinski definition) is 4.